The zero-order chi connectivity index (χ0) is 13.8. The summed E-state index contributed by atoms with van der Waals surface area (Å²) in [4.78, 5) is 4.45. The molecule has 0 atom stereocenters. The van der Waals surface area contributed by atoms with Gasteiger partial charge in [0.05, 0.1) is 24.6 Å². The van der Waals surface area contributed by atoms with Crippen molar-refractivity contribution in [3.63, 3.8) is 0 Å². The fourth-order valence-electron chi connectivity index (χ4n) is 2.24. The van der Waals surface area contributed by atoms with Crippen molar-refractivity contribution in [1.29, 1.82) is 0 Å². The van der Waals surface area contributed by atoms with Crippen LogP contribution in [-0.2, 0) is 19.8 Å². The van der Waals surface area contributed by atoms with Crippen molar-refractivity contribution in [2.75, 3.05) is 0 Å². The summed E-state index contributed by atoms with van der Waals surface area (Å²) in [6, 6.07) is 10.1. The number of benzene rings is 1. The zero-order valence-electron chi connectivity index (χ0n) is 11.4. The lowest BCUT2D eigenvalue weighted by Crippen LogP contribution is -2.10. The van der Waals surface area contributed by atoms with Gasteiger partial charge in [-0.1, -0.05) is 44.2 Å². The van der Waals surface area contributed by atoms with Gasteiger partial charge < -0.3 is 14.8 Å². The molecule has 2 aromatic rings. The summed E-state index contributed by atoms with van der Waals surface area (Å²) in [5.41, 5.74) is 2.43. The van der Waals surface area contributed by atoms with E-state index in [4.69, 9.17) is 0 Å². The quantitative estimate of drug-likeness (QED) is 0.865. The van der Waals surface area contributed by atoms with Crippen molar-refractivity contribution in [1.82, 2.24) is 9.55 Å². The zero-order valence-corrected chi connectivity index (χ0v) is 11.4. The Balaban J connectivity index is 2.44. The van der Waals surface area contributed by atoms with Crippen LogP contribution in [-0.4, -0.2) is 19.8 Å². The first-order valence-electron chi connectivity index (χ1n) is 6.51. The summed E-state index contributed by atoms with van der Waals surface area (Å²) in [6.45, 7) is 4.54. The van der Waals surface area contributed by atoms with E-state index >= 15 is 0 Å². The van der Waals surface area contributed by atoms with Crippen LogP contribution in [0.25, 0.3) is 0 Å². The molecule has 1 heterocycles. The molecule has 0 saturated carbocycles. The van der Waals surface area contributed by atoms with Gasteiger partial charge in [-0.05, 0) is 5.56 Å². The largest absolute Gasteiger partial charge is 0.390 e. The lowest BCUT2D eigenvalue weighted by molar-refractivity contribution is 0.251. The third-order valence-corrected chi connectivity index (χ3v) is 3.18. The van der Waals surface area contributed by atoms with Crippen LogP contribution in [0, 0.1) is 0 Å². The van der Waals surface area contributed by atoms with E-state index in [9.17, 15) is 10.2 Å². The minimum absolute atomic E-state index is 0.109. The van der Waals surface area contributed by atoms with Crippen molar-refractivity contribution in [2.24, 2.45) is 0 Å². The molecule has 102 valence electrons. The average Bonchev–Trinajstić information content (AvgIpc) is 2.77. The Hall–Kier alpha value is -1.65. The number of imidazole rings is 1. The first kappa shape index (κ1) is 13.8. The standard InChI is InChI=1S/C15H20N2O2/c1-11(2)15-16-13(9-18)14(10-19)17(15)8-12-6-4-3-5-7-12/h3-7,11,18-19H,8-10H2,1-2H3. The van der Waals surface area contributed by atoms with Crippen molar-refractivity contribution >= 4 is 0 Å². The van der Waals surface area contributed by atoms with Crippen LogP contribution in [0.3, 0.4) is 0 Å². The van der Waals surface area contributed by atoms with Gasteiger partial charge in [0.25, 0.3) is 0 Å². The smallest absolute Gasteiger partial charge is 0.112 e. The Kier molecular flexibility index (Phi) is 4.35. The second-order valence-electron chi connectivity index (χ2n) is 4.91. The molecule has 0 saturated heterocycles. The molecule has 0 radical (unpaired) electrons. The molecule has 4 nitrogen and oxygen atoms in total. The minimum atomic E-state index is -0.141. The van der Waals surface area contributed by atoms with E-state index in [0.717, 1.165) is 11.4 Å². The van der Waals surface area contributed by atoms with Crippen LogP contribution in [0.2, 0.25) is 0 Å². The molecule has 0 spiro atoms. The molecular formula is C15H20N2O2. The molecule has 0 aliphatic carbocycles. The molecule has 1 aromatic carbocycles. The molecule has 0 amide bonds. The Morgan fingerprint density at radius 1 is 1.11 bits per heavy atom. The number of aromatic nitrogens is 2. The van der Waals surface area contributed by atoms with Gasteiger partial charge >= 0.3 is 0 Å². The summed E-state index contributed by atoms with van der Waals surface area (Å²) >= 11 is 0. The molecule has 0 bridgehead atoms. The van der Waals surface area contributed by atoms with E-state index in [1.165, 1.54) is 0 Å². The van der Waals surface area contributed by atoms with Gasteiger partial charge in [0.2, 0.25) is 0 Å². The van der Waals surface area contributed by atoms with Gasteiger partial charge in [-0.2, -0.15) is 0 Å². The highest BCUT2D eigenvalue weighted by Crippen LogP contribution is 2.21. The fraction of sp³-hybridized carbons (Fsp3) is 0.400. The van der Waals surface area contributed by atoms with Gasteiger partial charge in [-0.25, -0.2) is 4.98 Å². The molecule has 0 aliphatic heterocycles. The third kappa shape index (κ3) is 2.85. The van der Waals surface area contributed by atoms with E-state index in [-0.39, 0.29) is 19.1 Å². The maximum absolute atomic E-state index is 9.53. The molecule has 1 aromatic heterocycles. The number of rotatable bonds is 5. The topological polar surface area (TPSA) is 58.3 Å². The lowest BCUT2D eigenvalue weighted by Gasteiger charge is -2.13. The Morgan fingerprint density at radius 2 is 1.79 bits per heavy atom. The van der Waals surface area contributed by atoms with Crippen LogP contribution < -0.4 is 0 Å². The Morgan fingerprint density at radius 3 is 2.32 bits per heavy atom. The van der Waals surface area contributed by atoms with Crippen LogP contribution >= 0.6 is 0 Å². The molecule has 4 heteroatoms. The second-order valence-corrected chi connectivity index (χ2v) is 4.91. The average molecular weight is 260 g/mol. The van der Waals surface area contributed by atoms with Crippen molar-refractivity contribution in [3.8, 4) is 0 Å². The molecule has 2 rings (SSSR count). The predicted molar refractivity (Wildman–Crippen MR) is 73.7 cm³/mol. The number of nitrogens with zero attached hydrogens (tertiary/aromatic N) is 2. The molecule has 0 fully saturated rings. The second kappa shape index (κ2) is 5.99. The predicted octanol–water partition coefficient (Wildman–Crippen LogP) is 2.04. The summed E-state index contributed by atoms with van der Waals surface area (Å²) in [7, 11) is 0. The van der Waals surface area contributed by atoms with E-state index < -0.39 is 0 Å². The summed E-state index contributed by atoms with van der Waals surface area (Å²) < 4.78 is 2.01. The highest BCUT2D eigenvalue weighted by molar-refractivity contribution is 5.22. The Labute approximate surface area is 113 Å². The summed E-state index contributed by atoms with van der Waals surface area (Å²) in [5.74, 6) is 1.14. The SMILES string of the molecule is CC(C)c1nc(CO)c(CO)n1Cc1ccccc1. The maximum Gasteiger partial charge on any atom is 0.112 e. The van der Waals surface area contributed by atoms with E-state index in [0.29, 0.717) is 17.9 Å². The third-order valence-electron chi connectivity index (χ3n) is 3.18. The lowest BCUT2D eigenvalue weighted by atomic mass is 10.2. The molecular weight excluding hydrogens is 240 g/mol. The van der Waals surface area contributed by atoms with Crippen LogP contribution in [0.5, 0.6) is 0 Å². The number of aliphatic hydroxyl groups excluding tert-OH is 2. The highest BCUT2D eigenvalue weighted by Gasteiger charge is 2.18. The van der Waals surface area contributed by atoms with Crippen molar-refractivity contribution in [2.45, 2.75) is 39.5 Å². The van der Waals surface area contributed by atoms with Gasteiger partial charge in [0.1, 0.15) is 5.82 Å². The summed E-state index contributed by atoms with van der Waals surface area (Å²) in [6.07, 6.45) is 0. The molecule has 0 unspecified atom stereocenters. The van der Waals surface area contributed by atoms with E-state index in [2.05, 4.69) is 18.8 Å². The molecule has 2 N–H and O–H groups in total. The number of hydrogen-bond donors (Lipinski definition) is 2. The highest BCUT2D eigenvalue weighted by atomic mass is 16.3. The van der Waals surface area contributed by atoms with Crippen LogP contribution in [0.4, 0.5) is 0 Å². The van der Waals surface area contributed by atoms with E-state index in [1.807, 2.05) is 34.9 Å². The molecule has 19 heavy (non-hydrogen) atoms. The van der Waals surface area contributed by atoms with Gasteiger partial charge in [-0.3, -0.25) is 0 Å². The Bertz CT molecular complexity index is 533. The first-order valence-corrected chi connectivity index (χ1v) is 6.51. The monoisotopic (exact) mass is 260 g/mol. The van der Waals surface area contributed by atoms with Gasteiger partial charge in [0.15, 0.2) is 0 Å². The minimum Gasteiger partial charge on any atom is -0.390 e. The van der Waals surface area contributed by atoms with Crippen molar-refractivity contribution in [3.05, 3.63) is 53.1 Å². The number of hydrogen-bond acceptors (Lipinski definition) is 3. The van der Waals surface area contributed by atoms with Crippen LogP contribution in [0.15, 0.2) is 30.3 Å². The van der Waals surface area contributed by atoms with Gasteiger partial charge in [-0.15, -0.1) is 0 Å². The van der Waals surface area contributed by atoms with Crippen LogP contribution in [0.1, 0.15) is 42.5 Å². The number of aliphatic hydroxyl groups is 2. The maximum atomic E-state index is 9.53. The molecule has 0 aliphatic rings. The van der Waals surface area contributed by atoms with Gasteiger partial charge in [0, 0.05) is 12.5 Å². The normalized spacial score (nSPS) is 11.2. The first-order chi connectivity index (χ1) is 9.17. The van der Waals surface area contributed by atoms with E-state index in [1.54, 1.807) is 0 Å². The fourth-order valence-corrected chi connectivity index (χ4v) is 2.24. The van der Waals surface area contributed by atoms with Crippen molar-refractivity contribution < 1.29 is 10.2 Å². The summed E-state index contributed by atoms with van der Waals surface area (Å²) in [5, 5.41) is 18.9.